The predicted octanol–water partition coefficient (Wildman–Crippen LogP) is 2.17. The Bertz CT molecular complexity index is 1380. The van der Waals surface area contributed by atoms with Crippen molar-refractivity contribution in [3.8, 4) is 0 Å². The zero-order valence-electron chi connectivity index (χ0n) is 20.6. The van der Waals surface area contributed by atoms with E-state index in [4.69, 9.17) is 0 Å². The first-order chi connectivity index (χ1) is 17.2. The Balaban J connectivity index is 1.51. The molecule has 1 aliphatic rings. The second-order valence-corrected chi connectivity index (χ2v) is 10.8. The summed E-state index contributed by atoms with van der Waals surface area (Å²) < 4.78 is 31.1. The molecule has 2 aromatic heterocycles. The lowest BCUT2D eigenvalue weighted by atomic mass is 10.2. The molecule has 11 heteroatoms. The molecule has 0 atom stereocenters. The van der Waals surface area contributed by atoms with Crippen LogP contribution in [0.15, 0.2) is 53.6 Å². The molecule has 1 fully saturated rings. The van der Waals surface area contributed by atoms with Crippen LogP contribution >= 0.6 is 0 Å². The van der Waals surface area contributed by atoms with Gasteiger partial charge >= 0.3 is 0 Å². The Kier molecular flexibility index (Phi) is 7.90. The van der Waals surface area contributed by atoms with Gasteiger partial charge in [-0.3, -0.25) is 19.7 Å². The van der Waals surface area contributed by atoms with Crippen LogP contribution in [0.1, 0.15) is 41.9 Å². The average molecular weight is 513 g/mol. The molecule has 192 valence electrons. The predicted molar refractivity (Wildman–Crippen MR) is 138 cm³/mol. The van der Waals surface area contributed by atoms with Crippen LogP contribution in [0.5, 0.6) is 0 Å². The number of carbonyl (C=O) groups excluding carboxylic acids is 1. The quantitative estimate of drug-likeness (QED) is 0.454. The molecule has 1 aliphatic heterocycles. The van der Waals surface area contributed by atoms with E-state index in [0.717, 1.165) is 25.9 Å². The average Bonchev–Trinajstić information content (AvgIpc) is 3.18. The molecule has 1 aromatic carbocycles. The third-order valence-corrected chi connectivity index (χ3v) is 7.52. The Labute approximate surface area is 211 Å². The molecule has 0 radical (unpaired) electrons. The number of benzene rings is 1. The highest BCUT2D eigenvalue weighted by molar-refractivity contribution is 7.91. The van der Waals surface area contributed by atoms with Crippen LogP contribution in [0, 0.1) is 13.8 Å². The lowest BCUT2D eigenvalue weighted by molar-refractivity contribution is -0.127. The number of rotatable bonds is 9. The Hall–Kier alpha value is -3.44. The van der Waals surface area contributed by atoms with Crippen molar-refractivity contribution in [2.75, 3.05) is 17.8 Å². The zero-order valence-corrected chi connectivity index (χ0v) is 21.4. The number of nitrogens with one attached hydrogen (secondary N) is 2. The maximum atomic E-state index is 13.3. The van der Waals surface area contributed by atoms with E-state index in [1.54, 1.807) is 48.1 Å². The molecule has 36 heavy (non-hydrogen) atoms. The Morgan fingerprint density at radius 1 is 1.03 bits per heavy atom. The number of carbonyl (C=O) groups is 1. The second kappa shape index (κ2) is 11.1. The van der Waals surface area contributed by atoms with Crippen LogP contribution in [0.3, 0.4) is 0 Å². The molecule has 0 aliphatic carbocycles. The van der Waals surface area contributed by atoms with Crippen molar-refractivity contribution in [3.63, 3.8) is 0 Å². The van der Waals surface area contributed by atoms with Crippen LogP contribution in [-0.2, 0) is 33.7 Å². The van der Waals surface area contributed by atoms with Crippen LogP contribution in [0.4, 0.5) is 5.69 Å². The van der Waals surface area contributed by atoms with Gasteiger partial charge in [-0.25, -0.2) is 18.4 Å². The van der Waals surface area contributed by atoms with E-state index < -0.39 is 15.6 Å². The zero-order chi connectivity index (χ0) is 25.7. The largest absolute Gasteiger partial charge is 0.323 e. The lowest BCUT2D eigenvalue weighted by Crippen LogP contribution is -2.46. The molecule has 3 heterocycles. The highest BCUT2D eigenvalue weighted by Crippen LogP contribution is 2.14. The summed E-state index contributed by atoms with van der Waals surface area (Å²) in [5.41, 5.74) is 5.15. The first-order valence-electron chi connectivity index (χ1n) is 12.0. The molecule has 1 saturated heterocycles. The van der Waals surface area contributed by atoms with Crippen molar-refractivity contribution in [1.82, 2.24) is 24.6 Å². The SMILES string of the molecule is Cc1ncn(CC(=O)NN2CCCCC2)c1Cn1c(C)ccc(NS(=O)(=O)Cc2ccccc2)c1=O. The minimum atomic E-state index is -3.79. The molecule has 3 aromatic rings. The van der Waals surface area contributed by atoms with E-state index in [2.05, 4.69) is 15.1 Å². The van der Waals surface area contributed by atoms with Gasteiger partial charge in [-0.15, -0.1) is 0 Å². The number of aromatic nitrogens is 3. The van der Waals surface area contributed by atoms with E-state index in [9.17, 15) is 18.0 Å². The van der Waals surface area contributed by atoms with Gasteiger partial charge in [0.05, 0.1) is 30.0 Å². The van der Waals surface area contributed by atoms with Crippen LogP contribution in [0.2, 0.25) is 0 Å². The number of hydrazine groups is 1. The van der Waals surface area contributed by atoms with Crippen molar-refractivity contribution in [2.24, 2.45) is 0 Å². The van der Waals surface area contributed by atoms with Gasteiger partial charge in [-0.2, -0.15) is 0 Å². The summed E-state index contributed by atoms with van der Waals surface area (Å²) in [7, 11) is -3.79. The van der Waals surface area contributed by atoms with Crippen molar-refractivity contribution in [3.05, 3.63) is 81.8 Å². The summed E-state index contributed by atoms with van der Waals surface area (Å²) in [4.78, 5) is 30.3. The van der Waals surface area contributed by atoms with E-state index in [0.29, 0.717) is 22.6 Å². The van der Waals surface area contributed by atoms with Crippen molar-refractivity contribution in [2.45, 2.75) is 52.0 Å². The summed E-state index contributed by atoms with van der Waals surface area (Å²) in [6.07, 6.45) is 4.88. The van der Waals surface area contributed by atoms with Crippen LogP contribution in [-0.4, -0.2) is 46.5 Å². The second-order valence-electron chi connectivity index (χ2n) is 9.11. The maximum Gasteiger partial charge on any atom is 0.275 e. The van der Waals surface area contributed by atoms with Gasteiger partial charge < -0.3 is 9.13 Å². The van der Waals surface area contributed by atoms with E-state index in [1.807, 2.05) is 18.0 Å². The Morgan fingerprint density at radius 3 is 2.47 bits per heavy atom. The third kappa shape index (κ3) is 6.41. The van der Waals surface area contributed by atoms with E-state index >= 15 is 0 Å². The number of piperidine rings is 1. The van der Waals surface area contributed by atoms with Gasteiger partial charge in [-0.1, -0.05) is 36.8 Å². The highest BCUT2D eigenvalue weighted by Gasteiger charge is 2.19. The third-order valence-electron chi connectivity index (χ3n) is 6.27. The number of pyridine rings is 1. The molecule has 2 N–H and O–H groups in total. The highest BCUT2D eigenvalue weighted by atomic mass is 32.2. The Morgan fingerprint density at radius 2 is 1.75 bits per heavy atom. The summed E-state index contributed by atoms with van der Waals surface area (Å²) in [5.74, 6) is -0.388. The number of hydrogen-bond donors (Lipinski definition) is 2. The first-order valence-corrected chi connectivity index (χ1v) is 13.7. The molecule has 0 bridgehead atoms. The fourth-order valence-electron chi connectivity index (χ4n) is 4.31. The van der Waals surface area contributed by atoms with E-state index in [-0.39, 0.29) is 30.4 Å². The van der Waals surface area contributed by atoms with Gasteiger partial charge in [0, 0.05) is 18.8 Å². The number of amides is 1. The first kappa shape index (κ1) is 25.6. The normalized spacial score (nSPS) is 14.5. The van der Waals surface area contributed by atoms with Gasteiger partial charge in [0.15, 0.2) is 0 Å². The van der Waals surface area contributed by atoms with Crippen molar-refractivity contribution in [1.29, 1.82) is 0 Å². The fraction of sp³-hybridized carbons (Fsp3) is 0.400. The van der Waals surface area contributed by atoms with Gasteiger partial charge in [0.2, 0.25) is 10.0 Å². The minimum Gasteiger partial charge on any atom is -0.323 e. The fourth-order valence-corrected chi connectivity index (χ4v) is 5.51. The van der Waals surface area contributed by atoms with Crippen LogP contribution in [0.25, 0.3) is 0 Å². The number of anilines is 1. The summed E-state index contributed by atoms with van der Waals surface area (Å²) in [6, 6.07) is 12.0. The summed E-state index contributed by atoms with van der Waals surface area (Å²) in [5, 5.41) is 1.94. The van der Waals surface area contributed by atoms with Gasteiger partial charge in [-0.05, 0) is 44.4 Å². The number of nitrogens with zero attached hydrogens (tertiary/aromatic N) is 4. The number of hydrogen-bond acceptors (Lipinski definition) is 6. The van der Waals surface area contributed by atoms with Crippen molar-refractivity contribution >= 4 is 21.6 Å². The molecule has 0 unspecified atom stereocenters. The lowest BCUT2D eigenvalue weighted by Gasteiger charge is -2.27. The standard InChI is InChI=1S/C25H32N6O4S/c1-19-11-12-22(28-36(34,35)17-21-9-5-3-6-10-21)25(33)31(19)15-23-20(2)26-18-29(23)16-24(32)27-30-13-7-4-8-14-30/h3,5-6,9-12,18,28H,4,7-8,13-17H2,1-2H3,(H,27,32). The minimum absolute atomic E-state index is 0.0249. The van der Waals surface area contributed by atoms with Crippen LogP contribution < -0.4 is 15.7 Å². The molecule has 1 amide bonds. The summed E-state index contributed by atoms with van der Waals surface area (Å²) >= 11 is 0. The monoisotopic (exact) mass is 512 g/mol. The number of aryl methyl sites for hydroxylation is 2. The molecule has 4 rings (SSSR count). The van der Waals surface area contributed by atoms with Crippen molar-refractivity contribution < 1.29 is 13.2 Å². The van der Waals surface area contributed by atoms with E-state index in [1.165, 1.54) is 17.1 Å². The van der Waals surface area contributed by atoms with Gasteiger partial charge in [0.1, 0.15) is 12.2 Å². The maximum absolute atomic E-state index is 13.3. The molecule has 10 nitrogen and oxygen atoms in total. The molecular formula is C25H32N6O4S. The smallest absolute Gasteiger partial charge is 0.275 e. The number of imidazole rings is 1. The van der Waals surface area contributed by atoms with Gasteiger partial charge in [0.25, 0.3) is 11.5 Å². The molecular weight excluding hydrogens is 480 g/mol. The topological polar surface area (TPSA) is 118 Å². The molecule has 0 saturated carbocycles. The molecule has 0 spiro atoms. The summed E-state index contributed by atoms with van der Waals surface area (Å²) in [6.45, 7) is 5.50. The number of sulfonamides is 1.